The van der Waals surface area contributed by atoms with Crippen molar-refractivity contribution in [1.82, 2.24) is 15.0 Å². The number of halogens is 4. The molecule has 0 fully saturated rings. The van der Waals surface area contributed by atoms with Crippen molar-refractivity contribution in [2.45, 2.75) is 12.4 Å². The molecule has 0 aliphatic rings. The number of benzene rings is 1. The van der Waals surface area contributed by atoms with Crippen LogP contribution in [0.25, 0.3) is 33.2 Å². The summed E-state index contributed by atoms with van der Waals surface area (Å²) in [5.74, 6) is -3.22. The van der Waals surface area contributed by atoms with Crippen LogP contribution in [0, 0.1) is 5.82 Å². The minimum absolute atomic E-state index is 0.133. The number of aromatic nitrogens is 3. The van der Waals surface area contributed by atoms with Crippen molar-refractivity contribution in [3.63, 3.8) is 0 Å². The number of carbonyl (C=O) groups is 1. The summed E-state index contributed by atoms with van der Waals surface area (Å²) in [5, 5.41) is 0.328. The first-order valence-electron chi connectivity index (χ1n) is 8.30. The van der Waals surface area contributed by atoms with Gasteiger partial charge in [-0.25, -0.2) is 14.2 Å². The molecule has 3 heterocycles. The van der Waals surface area contributed by atoms with Gasteiger partial charge in [-0.1, -0.05) is 0 Å². The summed E-state index contributed by atoms with van der Waals surface area (Å²) in [6, 6.07) is 9.02. The van der Waals surface area contributed by atoms with Gasteiger partial charge in [-0.05, 0) is 36.4 Å². The monoisotopic (exact) mass is 404 g/mol. The molecule has 1 atom stereocenters. The maximum atomic E-state index is 14.2. The summed E-state index contributed by atoms with van der Waals surface area (Å²) in [6.07, 6.45) is -3.88. The van der Waals surface area contributed by atoms with Gasteiger partial charge in [0.05, 0.1) is 22.2 Å². The van der Waals surface area contributed by atoms with Crippen LogP contribution < -0.4 is 5.73 Å². The molecule has 0 aliphatic heterocycles. The molecule has 0 spiro atoms. The van der Waals surface area contributed by atoms with E-state index in [1.807, 2.05) is 0 Å². The third-order valence-electron chi connectivity index (χ3n) is 4.29. The second kappa shape index (κ2) is 6.82. The highest BCUT2D eigenvalue weighted by Gasteiger charge is 2.42. The van der Waals surface area contributed by atoms with Gasteiger partial charge in [0.2, 0.25) is 0 Å². The molecule has 0 amide bonds. The molecule has 0 aliphatic carbocycles. The van der Waals surface area contributed by atoms with E-state index in [1.54, 1.807) is 30.5 Å². The molecule has 0 radical (unpaired) electrons. The van der Waals surface area contributed by atoms with Crippen LogP contribution in [0.2, 0.25) is 0 Å². The standard InChI is InChI=1S/C19H12F4N4O2/c20-9-6-10-12(13-3-4-14-15(27-13)2-1-5-25-14)8-26-16(10)11(7-9)17(24)29-18(28)19(21,22)23/h1-8,17,26H,24H2. The number of hydrogen-bond donors (Lipinski definition) is 2. The molecule has 6 nitrogen and oxygen atoms in total. The summed E-state index contributed by atoms with van der Waals surface area (Å²) in [4.78, 5) is 22.6. The van der Waals surface area contributed by atoms with Gasteiger partial charge < -0.3 is 9.72 Å². The second-order valence-corrected chi connectivity index (χ2v) is 6.18. The normalized spacial score (nSPS) is 13.0. The third-order valence-corrected chi connectivity index (χ3v) is 4.29. The molecular formula is C19H12F4N4O2. The molecular weight excluding hydrogens is 392 g/mol. The summed E-state index contributed by atoms with van der Waals surface area (Å²) >= 11 is 0. The number of nitrogens with zero attached hydrogens (tertiary/aromatic N) is 2. The van der Waals surface area contributed by atoms with Crippen LogP contribution >= 0.6 is 0 Å². The Labute approximate surface area is 160 Å². The van der Waals surface area contributed by atoms with Gasteiger partial charge in [0.1, 0.15) is 5.82 Å². The highest BCUT2D eigenvalue weighted by atomic mass is 19.4. The number of nitrogens with two attached hydrogens (primary N) is 1. The highest BCUT2D eigenvalue weighted by molar-refractivity contribution is 5.97. The molecule has 148 valence electrons. The topological polar surface area (TPSA) is 93.9 Å². The molecule has 1 unspecified atom stereocenters. The number of fused-ring (bicyclic) bond motifs is 2. The largest absolute Gasteiger partial charge is 0.490 e. The predicted octanol–water partition coefficient (Wildman–Crippen LogP) is 3.98. The molecule has 3 N–H and O–H groups in total. The van der Waals surface area contributed by atoms with Crippen molar-refractivity contribution < 1.29 is 27.1 Å². The Morgan fingerprint density at radius 3 is 2.72 bits per heavy atom. The zero-order chi connectivity index (χ0) is 20.8. The van der Waals surface area contributed by atoms with E-state index in [0.717, 1.165) is 6.07 Å². The quantitative estimate of drug-likeness (QED) is 0.306. The number of nitrogens with one attached hydrogen (secondary N) is 1. The van der Waals surface area contributed by atoms with Crippen LogP contribution in [0.1, 0.15) is 11.8 Å². The van der Waals surface area contributed by atoms with E-state index >= 15 is 0 Å². The van der Waals surface area contributed by atoms with Gasteiger partial charge in [-0.15, -0.1) is 0 Å². The molecule has 0 bridgehead atoms. The number of aromatic amines is 1. The van der Waals surface area contributed by atoms with Gasteiger partial charge in [-0.3, -0.25) is 10.7 Å². The highest BCUT2D eigenvalue weighted by Crippen LogP contribution is 2.33. The van der Waals surface area contributed by atoms with E-state index in [2.05, 4.69) is 19.7 Å². The number of rotatable bonds is 3. The first kappa shape index (κ1) is 18.8. The molecule has 0 saturated heterocycles. The Morgan fingerprint density at radius 2 is 1.97 bits per heavy atom. The Kier molecular flexibility index (Phi) is 4.42. The van der Waals surface area contributed by atoms with Crippen LogP contribution in [0.15, 0.2) is 48.8 Å². The maximum absolute atomic E-state index is 14.2. The lowest BCUT2D eigenvalue weighted by atomic mass is 10.0. The average Bonchev–Trinajstić information content (AvgIpc) is 3.09. The van der Waals surface area contributed by atoms with Crippen molar-refractivity contribution in [2.75, 3.05) is 0 Å². The van der Waals surface area contributed by atoms with Gasteiger partial charge in [-0.2, -0.15) is 13.2 Å². The van der Waals surface area contributed by atoms with Crippen molar-refractivity contribution in [3.05, 3.63) is 60.2 Å². The lowest BCUT2D eigenvalue weighted by molar-refractivity contribution is -0.205. The van der Waals surface area contributed by atoms with Crippen molar-refractivity contribution in [1.29, 1.82) is 0 Å². The lowest BCUT2D eigenvalue weighted by Crippen LogP contribution is -2.30. The van der Waals surface area contributed by atoms with Crippen LogP contribution in [0.3, 0.4) is 0 Å². The minimum Gasteiger partial charge on any atom is -0.436 e. The summed E-state index contributed by atoms with van der Waals surface area (Å²) in [6.45, 7) is 0. The predicted molar refractivity (Wildman–Crippen MR) is 95.9 cm³/mol. The summed E-state index contributed by atoms with van der Waals surface area (Å²) < 4.78 is 55.8. The van der Waals surface area contributed by atoms with Crippen LogP contribution in [-0.4, -0.2) is 27.1 Å². The van der Waals surface area contributed by atoms with E-state index in [-0.39, 0.29) is 11.1 Å². The van der Waals surface area contributed by atoms with Crippen molar-refractivity contribution >= 4 is 27.9 Å². The molecule has 4 rings (SSSR count). The maximum Gasteiger partial charge on any atom is 0.490 e. The Balaban J connectivity index is 1.79. The summed E-state index contributed by atoms with van der Waals surface area (Å²) in [5.41, 5.74) is 7.98. The van der Waals surface area contributed by atoms with Crippen LogP contribution in [0.4, 0.5) is 17.6 Å². The molecule has 0 saturated carbocycles. The molecule has 1 aromatic carbocycles. The number of ether oxygens (including phenoxy) is 1. The first-order valence-corrected chi connectivity index (χ1v) is 8.30. The molecule has 4 aromatic rings. The first-order chi connectivity index (χ1) is 13.7. The zero-order valence-corrected chi connectivity index (χ0v) is 14.5. The lowest BCUT2D eigenvalue weighted by Gasteiger charge is -2.15. The fourth-order valence-electron chi connectivity index (χ4n) is 3.01. The molecule has 3 aromatic heterocycles. The smallest absolute Gasteiger partial charge is 0.436 e. The van der Waals surface area contributed by atoms with Gasteiger partial charge in [0.25, 0.3) is 0 Å². The van der Waals surface area contributed by atoms with Crippen molar-refractivity contribution in [3.8, 4) is 11.3 Å². The number of carbonyl (C=O) groups excluding carboxylic acids is 1. The van der Waals surface area contributed by atoms with Gasteiger partial charge in [0.15, 0.2) is 6.23 Å². The van der Waals surface area contributed by atoms with E-state index < -0.39 is 24.2 Å². The van der Waals surface area contributed by atoms with Crippen LogP contribution in [0.5, 0.6) is 0 Å². The van der Waals surface area contributed by atoms with E-state index in [1.165, 1.54) is 12.3 Å². The van der Waals surface area contributed by atoms with Crippen molar-refractivity contribution in [2.24, 2.45) is 5.73 Å². The zero-order valence-electron chi connectivity index (χ0n) is 14.5. The fraction of sp³-hybridized carbons (Fsp3) is 0.105. The van der Waals surface area contributed by atoms with E-state index in [4.69, 9.17) is 5.73 Å². The number of hydrogen-bond acceptors (Lipinski definition) is 5. The van der Waals surface area contributed by atoms with E-state index in [9.17, 15) is 22.4 Å². The average molecular weight is 404 g/mol. The van der Waals surface area contributed by atoms with E-state index in [0.29, 0.717) is 27.7 Å². The Morgan fingerprint density at radius 1 is 1.17 bits per heavy atom. The van der Waals surface area contributed by atoms with Crippen LogP contribution in [-0.2, 0) is 9.53 Å². The number of esters is 1. The fourth-order valence-corrected chi connectivity index (χ4v) is 3.01. The number of H-pyrrole nitrogens is 1. The SMILES string of the molecule is NC(OC(=O)C(F)(F)F)c1cc(F)cc2c(-c3ccc4ncccc4n3)c[nH]c12. The number of pyridine rings is 2. The molecule has 29 heavy (non-hydrogen) atoms. The Hall–Kier alpha value is -3.53. The van der Waals surface area contributed by atoms with Gasteiger partial charge in [0, 0.05) is 28.9 Å². The van der Waals surface area contributed by atoms with Gasteiger partial charge >= 0.3 is 12.1 Å². The third kappa shape index (κ3) is 3.49. The molecule has 10 heteroatoms. The summed E-state index contributed by atoms with van der Waals surface area (Å²) in [7, 11) is 0. The number of alkyl halides is 3. The minimum atomic E-state index is -5.21. The Bertz CT molecular complexity index is 1240. The second-order valence-electron chi connectivity index (χ2n) is 6.18.